The van der Waals surface area contributed by atoms with E-state index in [0.29, 0.717) is 39.3 Å². The van der Waals surface area contributed by atoms with Crippen LogP contribution < -0.4 is 4.90 Å². The van der Waals surface area contributed by atoms with Gasteiger partial charge in [-0.15, -0.1) is 0 Å². The van der Waals surface area contributed by atoms with E-state index >= 15 is 0 Å². The SMILES string of the molecule is CCOC(=O)N1CCN(CC(=O)N(c2ccccc2)c2ccccc2)CC1. The first kappa shape index (κ1) is 18.9. The standard InChI is InChI=1S/C21H25N3O3/c1-2-27-21(26)23-15-13-22(14-16-23)17-20(25)24(18-9-5-3-6-10-18)19-11-7-4-8-12-19/h3-12H,2,13-17H2,1H3. The molecule has 6 nitrogen and oxygen atoms in total. The van der Waals surface area contributed by atoms with E-state index in [2.05, 4.69) is 4.90 Å². The molecular formula is C21H25N3O3. The number of hydrogen-bond acceptors (Lipinski definition) is 4. The number of ether oxygens (including phenoxy) is 1. The predicted molar refractivity (Wildman–Crippen MR) is 105 cm³/mol. The maximum Gasteiger partial charge on any atom is 0.409 e. The van der Waals surface area contributed by atoms with Crippen LogP contribution in [-0.4, -0.2) is 61.1 Å². The highest BCUT2D eigenvalue weighted by molar-refractivity contribution is 6.01. The van der Waals surface area contributed by atoms with Crippen LogP contribution in [0.25, 0.3) is 0 Å². The molecule has 1 aliphatic rings. The van der Waals surface area contributed by atoms with Crippen molar-refractivity contribution < 1.29 is 14.3 Å². The Morgan fingerprint density at radius 2 is 1.41 bits per heavy atom. The van der Waals surface area contributed by atoms with Crippen molar-refractivity contribution in [3.8, 4) is 0 Å². The highest BCUT2D eigenvalue weighted by Gasteiger charge is 2.25. The smallest absolute Gasteiger partial charge is 0.409 e. The summed E-state index contributed by atoms with van der Waals surface area (Å²) in [4.78, 5) is 30.4. The van der Waals surface area contributed by atoms with Crippen molar-refractivity contribution in [2.75, 3.05) is 44.2 Å². The fraction of sp³-hybridized carbons (Fsp3) is 0.333. The number of benzene rings is 2. The van der Waals surface area contributed by atoms with Gasteiger partial charge < -0.3 is 9.64 Å². The average molecular weight is 367 g/mol. The summed E-state index contributed by atoms with van der Waals surface area (Å²) in [5.74, 6) is 0.0111. The van der Waals surface area contributed by atoms with E-state index < -0.39 is 0 Å². The molecule has 2 aromatic carbocycles. The average Bonchev–Trinajstić information content (AvgIpc) is 2.70. The third-order valence-electron chi connectivity index (χ3n) is 4.54. The van der Waals surface area contributed by atoms with E-state index in [0.717, 1.165) is 11.4 Å². The van der Waals surface area contributed by atoms with Gasteiger partial charge in [-0.25, -0.2) is 4.79 Å². The minimum atomic E-state index is -0.279. The lowest BCUT2D eigenvalue weighted by atomic mass is 10.2. The molecule has 0 aromatic heterocycles. The summed E-state index contributed by atoms with van der Waals surface area (Å²) >= 11 is 0. The molecule has 0 spiro atoms. The van der Waals surface area contributed by atoms with Crippen molar-refractivity contribution in [3.63, 3.8) is 0 Å². The number of rotatable bonds is 5. The summed E-state index contributed by atoms with van der Waals surface area (Å²) < 4.78 is 5.04. The van der Waals surface area contributed by atoms with Crippen LogP contribution in [0.1, 0.15) is 6.92 Å². The topological polar surface area (TPSA) is 53.1 Å². The number of anilines is 2. The molecule has 6 heteroatoms. The molecule has 0 radical (unpaired) electrons. The van der Waals surface area contributed by atoms with E-state index in [9.17, 15) is 9.59 Å². The minimum absolute atomic E-state index is 0.0111. The highest BCUT2D eigenvalue weighted by Crippen LogP contribution is 2.25. The summed E-state index contributed by atoms with van der Waals surface area (Å²) in [6, 6.07) is 19.3. The van der Waals surface area contributed by atoms with E-state index in [1.54, 1.807) is 16.7 Å². The fourth-order valence-electron chi connectivity index (χ4n) is 3.16. The molecule has 0 atom stereocenters. The first-order valence-corrected chi connectivity index (χ1v) is 9.26. The van der Waals surface area contributed by atoms with Gasteiger partial charge in [0.1, 0.15) is 0 Å². The van der Waals surface area contributed by atoms with E-state index in [1.807, 2.05) is 60.7 Å². The molecule has 27 heavy (non-hydrogen) atoms. The van der Waals surface area contributed by atoms with Crippen LogP contribution in [0.3, 0.4) is 0 Å². The molecule has 0 unspecified atom stereocenters. The van der Waals surface area contributed by atoms with Crippen molar-refractivity contribution in [1.82, 2.24) is 9.80 Å². The second-order valence-corrected chi connectivity index (χ2v) is 6.36. The number of carbonyl (C=O) groups excluding carboxylic acids is 2. The number of piperazine rings is 1. The first-order valence-electron chi connectivity index (χ1n) is 9.26. The molecule has 3 rings (SSSR count). The lowest BCUT2D eigenvalue weighted by Crippen LogP contribution is -2.51. The molecule has 1 fully saturated rings. The third-order valence-corrected chi connectivity index (χ3v) is 4.54. The lowest BCUT2D eigenvalue weighted by molar-refractivity contribution is -0.119. The summed E-state index contributed by atoms with van der Waals surface area (Å²) in [5.41, 5.74) is 1.69. The molecular weight excluding hydrogens is 342 g/mol. The molecule has 2 aromatic rings. The Kier molecular flexibility index (Phi) is 6.44. The lowest BCUT2D eigenvalue weighted by Gasteiger charge is -2.34. The maximum absolute atomic E-state index is 13.1. The zero-order valence-corrected chi connectivity index (χ0v) is 15.6. The Morgan fingerprint density at radius 3 is 1.89 bits per heavy atom. The highest BCUT2D eigenvalue weighted by atomic mass is 16.6. The second kappa shape index (κ2) is 9.19. The van der Waals surface area contributed by atoms with Gasteiger partial charge in [0.25, 0.3) is 0 Å². The Bertz CT molecular complexity index is 704. The summed E-state index contributed by atoms with van der Waals surface area (Å²) in [6.07, 6.45) is -0.279. The normalized spacial score (nSPS) is 14.6. The van der Waals surface area contributed by atoms with Gasteiger partial charge in [-0.1, -0.05) is 36.4 Å². The molecule has 0 N–H and O–H groups in total. The maximum atomic E-state index is 13.1. The monoisotopic (exact) mass is 367 g/mol. The van der Waals surface area contributed by atoms with Crippen LogP contribution in [-0.2, 0) is 9.53 Å². The van der Waals surface area contributed by atoms with Crippen LogP contribution in [0.5, 0.6) is 0 Å². The third kappa shape index (κ3) is 4.86. The van der Waals surface area contributed by atoms with Gasteiger partial charge in [-0.05, 0) is 31.2 Å². The molecule has 2 amide bonds. The zero-order valence-electron chi connectivity index (χ0n) is 15.6. The zero-order chi connectivity index (χ0) is 19.1. The summed E-state index contributed by atoms with van der Waals surface area (Å²) in [6.45, 7) is 4.94. The number of amides is 2. The quantitative estimate of drug-likeness (QED) is 0.815. The molecule has 0 saturated carbocycles. The number of hydrogen-bond donors (Lipinski definition) is 0. The Balaban J connectivity index is 1.67. The number of para-hydroxylation sites is 2. The molecule has 0 bridgehead atoms. The first-order chi connectivity index (χ1) is 13.2. The van der Waals surface area contributed by atoms with E-state index in [1.165, 1.54) is 0 Å². The Hall–Kier alpha value is -2.86. The van der Waals surface area contributed by atoms with Crippen molar-refractivity contribution >= 4 is 23.4 Å². The minimum Gasteiger partial charge on any atom is -0.450 e. The van der Waals surface area contributed by atoms with Gasteiger partial charge in [0.15, 0.2) is 0 Å². The van der Waals surface area contributed by atoms with Crippen LogP contribution >= 0.6 is 0 Å². The van der Waals surface area contributed by atoms with Gasteiger partial charge in [0.2, 0.25) is 5.91 Å². The van der Waals surface area contributed by atoms with Gasteiger partial charge in [0, 0.05) is 37.6 Å². The Labute approximate surface area is 159 Å². The van der Waals surface area contributed by atoms with Gasteiger partial charge in [-0.3, -0.25) is 14.6 Å². The van der Waals surface area contributed by atoms with E-state index in [-0.39, 0.29) is 12.0 Å². The van der Waals surface area contributed by atoms with Crippen molar-refractivity contribution in [2.45, 2.75) is 6.92 Å². The van der Waals surface area contributed by atoms with Crippen molar-refractivity contribution in [3.05, 3.63) is 60.7 Å². The van der Waals surface area contributed by atoms with Crippen LogP contribution in [0, 0.1) is 0 Å². The second-order valence-electron chi connectivity index (χ2n) is 6.36. The number of carbonyl (C=O) groups is 2. The van der Waals surface area contributed by atoms with Crippen LogP contribution in [0.4, 0.5) is 16.2 Å². The van der Waals surface area contributed by atoms with Gasteiger partial charge in [0.05, 0.1) is 13.2 Å². The predicted octanol–water partition coefficient (Wildman–Crippen LogP) is 3.13. The fourth-order valence-corrected chi connectivity index (χ4v) is 3.16. The Morgan fingerprint density at radius 1 is 0.889 bits per heavy atom. The van der Waals surface area contributed by atoms with Crippen LogP contribution in [0.2, 0.25) is 0 Å². The van der Waals surface area contributed by atoms with Gasteiger partial charge in [-0.2, -0.15) is 0 Å². The van der Waals surface area contributed by atoms with Gasteiger partial charge >= 0.3 is 6.09 Å². The molecule has 1 saturated heterocycles. The number of nitrogens with zero attached hydrogens (tertiary/aromatic N) is 3. The largest absolute Gasteiger partial charge is 0.450 e. The van der Waals surface area contributed by atoms with Crippen molar-refractivity contribution in [2.24, 2.45) is 0 Å². The molecule has 142 valence electrons. The summed E-state index contributed by atoms with van der Waals surface area (Å²) in [7, 11) is 0. The molecule has 1 aliphatic heterocycles. The van der Waals surface area contributed by atoms with Crippen molar-refractivity contribution in [1.29, 1.82) is 0 Å². The molecule has 1 heterocycles. The molecule has 0 aliphatic carbocycles. The van der Waals surface area contributed by atoms with Crippen LogP contribution in [0.15, 0.2) is 60.7 Å². The summed E-state index contributed by atoms with van der Waals surface area (Å²) in [5, 5.41) is 0. The van der Waals surface area contributed by atoms with E-state index in [4.69, 9.17) is 4.74 Å².